The van der Waals surface area contributed by atoms with E-state index in [1.165, 1.54) is 22.3 Å². The molecule has 2 rings (SSSR count). The Bertz CT molecular complexity index is 1020. The van der Waals surface area contributed by atoms with Crippen molar-refractivity contribution in [2.24, 2.45) is 0 Å². The maximum atomic E-state index is 6.80. The van der Waals surface area contributed by atoms with E-state index >= 15 is 0 Å². The Kier molecular flexibility index (Phi) is 10.8. The Morgan fingerprint density at radius 2 is 0.949 bits per heavy atom. The molecule has 0 saturated carbocycles. The first-order valence-electron chi connectivity index (χ1n) is 14.8. The van der Waals surface area contributed by atoms with Gasteiger partial charge in [0.15, 0.2) is 0 Å². The molecule has 0 radical (unpaired) electrons. The van der Waals surface area contributed by atoms with Gasteiger partial charge in [-0.2, -0.15) is 0 Å². The lowest BCUT2D eigenvalue weighted by molar-refractivity contribution is 0.256. The highest BCUT2D eigenvalue weighted by Gasteiger charge is 2.31. The Balaban J connectivity index is 2.63. The van der Waals surface area contributed by atoms with Gasteiger partial charge in [-0.1, -0.05) is 127 Å². The van der Waals surface area contributed by atoms with E-state index in [1.807, 2.05) is 0 Å². The van der Waals surface area contributed by atoms with Gasteiger partial charge in [0.05, 0.1) is 6.61 Å². The van der Waals surface area contributed by atoms with E-state index < -0.39 is 8.60 Å². The molecule has 0 N–H and O–H groups in total. The van der Waals surface area contributed by atoms with Crippen molar-refractivity contribution < 1.29 is 13.6 Å². The lowest BCUT2D eigenvalue weighted by Crippen LogP contribution is -2.20. The molecule has 0 saturated heterocycles. The molecule has 0 heterocycles. The zero-order chi connectivity index (χ0) is 30.0. The normalized spacial score (nSPS) is 13.2. The van der Waals surface area contributed by atoms with E-state index in [9.17, 15) is 0 Å². The first-order valence-corrected chi connectivity index (χ1v) is 15.9. The van der Waals surface area contributed by atoms with Crippen molar-refractivity contribution in [3.05, 3.63) is 57.6 Å². The molecule has 0 atom stereocenters. The first-order chi connectivity index (χ1) is 17.7. The molecule has 2 aromatic carbocycles. The third-order valence-corrected chi connectivity index (χ3v) is 8.23. The third-order valence-electron chi connectivity index (χ3n) is 7.17. The molecule has 0 aliphatic carbocycles. The van der Waals surface area contributed by atoms with Crippen molar-refractivity contribution >= 4 is 8.60 Å². The summed E-state index contributed by atoms with van der Waals surface area (Å²) >= 11 is 0. The Morgan fingerprint density at radius 3 is 1.26 bits per heavy atom. The van der Waals surface area contributed by atoms with Gasteiger partial charge in [-0.15, -0.1) is 0 Å². The van der Waals surface area contributed by atoms with Gasteiger partial charge < -0.3 is 9.05 Å². The lowest BCUT2D eigenvalue weighted by Gasteiger charge is -2.31. The van der Waals surface area contributed by atoms with Crippen molar-refractivity contribution in [1.82, 2.24) is 0 Å². The van der Waals surface area contributed by atoms with Gasteiger partial charge in [-0.25, -0.2) is 0 Å². The summed E-state index contributed by atoms with van der Waals surface area (Å²) in [6.45, 7) is 34.2. The van der Waals surface area contributed by atoms with Crippen molar-refractivity contribution in [2.75, 3.05) is 6.61 Å². The zero-order valence-corrected chi connectivity index (χ0v) is 28.7. The smallest absolute Gasteiger partial charge is 0.417 e. The van der Waals surface area contributed by atoms with Crippen LogP contribution < -0.4 is 9.05 Å². The van der Waals surface area contributed by atoms with Gasteiger partial charge in [-0.05, 0) is 64.2 Å². The van der Waals surface area contributed by atoms with Gasteiger partial charge >= 0.3 is 8.60 Å². The predicted molar refractivity (Wildman–Crippen MR) is 171 cm³/mol. The van der Waals surface area contributed by atoms with Crippen LogP contribution in [0.3, 0.4) is 0 Å². The van der Waals surface area contributed by atoms with Gasteiger partial charge in [0.1, 0.15) is 11.5 Å². The van der Waals surface area contributed by atoms with E-state index in [4.69, 9.17) is 13.6 Å². The second kappa shape index (κ2) is 12.5. The Morgan fingerprint density at radius 1 is 0.564 bits per heavy atom. The van der Waals surface area contributed by atoms with Gasteiger partial charge in [0.25, 0.3) is 0 Å². The van der Waals surface area contributed by atoms with Crippen LogP contribution in [0.25, 0.3) is 0 Å². The SMILES string of the molecule is CCCCCOP(Oc1c(C)cc(C(C)(C)C)cc1C(C)(C)C)Oc1c(C)cc(C(C)(C)C)cc1C(C)(C)C. The molecule has 0 unspecified atom stereocenters. The maximum Gasteiger partial charge on any atom is 0.463 e. The first kappa shape index (κ1) is 33.6. The fourth-order valence-electron chi connectivity index (χ4n) is 4.48. The minimum Gasteiger partial charge on any atom is -0.417 e. The van der Waals surface area contributed by atoms with Gasteiger partial charge in [0, 0.05) is 11.1 Å². The molecule has 2 aromatic rings. The van der Waals surface area contributed by atoms with Crippen LogP contribution in [-0.4, -0.2) is 6.61 Å². The molecule has 4 heteroatoms. The summed E-state index contributed by atoms with van der Waals surface area (Å²) in [7, 11) is -1.66. The minimum atomic E-state index is -1.66. The maximum absolute atomic E-state index is 6.80. The summed E-state index contributed by atoms with van der Waals surface area (Å²) in [6, 6.07) is 9.16. The molecule has 0 aliphatic rings. The average Bonchev–Trinajstić information content (AvgIpc) is 2.75. The van der Waals surface area contributed by atoms with Crippen LogP contribution in [0.4, 0.5) is 0 Å². The van der Waals surface area contributed by atoms with Crippen LogP contribution in [-0.2, 0) is 26.2 Å². The molecular weight excluding hydrogens is 499 g/mol. The van der Waals surface area contributed by atoms with E-state index in [0.717, 1.165) is 41.9 Å². The topological polar surface area (TPSA) is 27.7 Å². The molecular formula is C35H57O3P. The van der Waals surface area contributed by atoms with Crippen LogP contribution in [0.2, 0.25) is 0 Å². The van der Waals surface area contributed by atoms with E-state index in [0.29, 0.717) is 6.61 Å². The second-order valence-electron chi connectivity index (χ2n) is 15.3. The molecule has 0 bridgehead atoms. The molecule has 3 nitrogen and oxygen atoms in total. The van der Waals surface area contributed by atoms with Crippen molar-refractivity contribution in [1.29, 1.82) is 0 Å². The highest BCUT2D eigenvalue weighted by atomic mass is 31.2. The highest BCUT2D eigenvalue weighted by molar-refractivity contribution is 7.42. The largest absolute Gasteiger partial charge is 0.463 e. The number of aryl methyl sites for hydroxylation is 2. The highest BCUT2D eigenvalue weighted by Crippen LogP contribution is 2.50. The Labute approximate surface area is 242 Å². The number of hydrogen-bond acceptors (Lipinski definition) is 3. The minimum absolute atomic E-state index is 0.0503. The molecule has 0 aliphatic heterocycles. The van der Waals surface area contributed by atoms with Crippen LogP contribution in [0.15, 0.2) is 24.3 Å². The monoisotopic (exact) mass is 556 g/mol. The van der Waals surface area contributed by atoms with Gasteiger partial charge in [0.2, 0.25) is 0 Å². The molecule has 220 valence electrons. The van der Waals surface area contributed by atoms with Crippen LogP contribution in [0, 0.1) is 13.8 Å². The molecule has 0 fully saturated rings. The summed E-state index contributed by atoms with van der Waals surface area (Å²) in [4.78, 5) is 0. The second-order valence-corrected chi connectivity index (χ2v) is 16.4. The summed E-state index contributed by atoms with van der Waals surface area (Å²) in [6.07, 6.45) is 3.26. The third kappa shape index (κ3) is 9.22. The molecule has 0 aromatic heterocycles. The summed E-state index contributed by atoms with van der Waals surface area (Å²) < 4.78 is 20.0. The molecule has 0 spiro atoms. The average molecular weight is 557 g/mol. The number of rotatable bonds is 9. The summed E-state index contributed by atoms with van der Waals surface area (Å²) in [5, 5.41) is 0. The zero-order valence-electron chi connectivity index (χ0n) is 27.8. The Hall–Kier alpha value is -1.57. The summed E-state index contributed by atoms with van der Waals surface area (Å²) in [5.41, 5.74) is 7.17. The van der Waals surface area contributed by atoms with E-state index in [2.05, 4.69) is 128 Å². The van der Waals surface area contributed by atoms with Crippen LogP contribution in [0.5, 0.6) is 11.5 Å². The number of unbranched alkanes of at least 4 members (excludes halogenated alkanes) is 2. The number of benzene rings is 2. The van der Waals surface area contributed by atoms with Crippen LogP contribution >= 0.6 is 8.60 Å². The van der Waals surface area contributed by atoms with E-state index in [1.54, 1.807) is 0 Å². The summed E-state index contributed by atoms with van der Waals surface area (Å²) in [5.74, 6) is 1.77. The molecule has 0 amide bonds. The van der Waals surface area contributed by atoms with Crippen molar-refractivity contribution in [3.63, 3.8) is 0 Å². The van der Waals surface area contributed by atoms with E-state index in [-0.39, 0.29) is 21.7 Å². The van der Waals surface area contributed by atoms with Gasteiger partial charge in [-0.3, -0.25) is 4.52 Å². The van der Waals surface area contributed by atoms with Crippen LogP contribution in [0.1, 0.15) is 143 Å². The number of hydrogen-bond donors (Lipinski definition) is 0. The molecule has 39 heavy (non-hydrogen) atoms. The fourth-order valence-corrected chi connectivity index (χ4v) is 5.69. The quantitative estimate of drug-likeness (QED) is 0.227. The van der Waals surface area contributed by atoms with Crippen molar-refractivity contribution in [3.8, 4) is 11.5 Å². The lowest BCUT2D eigenvalue weighted by atomic mass is 9.79. The standard InChI is InChI=1S/C35H57O3P/c1-16-17-18-19-36-39(37-30-24(2)20-26(32(4,5)6)22-28(30)34(10,11)12)38-31-25(3)21-27(33(7,8)9)23-29(31)35(13,14)15/h20-23H,16-19H2,1-15H3. The fraction of sp³-hybridized carbons (Fsp3) is 0.657. The predicted octanol–water partition coefficient (Wildman–Crippen LogP) is 11.4. The van der Waals surface area contributed by atoms with Crippen molar-refractivity contribution in [2.45, 2.75) is 145 Å².